The number of benzene rings is 2. The lowest BCUT2D eigenvalue weighted by Crippen LogP contribution is -2.28. The van der Waals surface area contributed by atoms with Crippen molar-refractivity contribution in [2.24, 2.45) is 0 Å². The van der Waals surface area contributed by atoms with Crippen LogP contribution in [0.15, 0.2) is 65.8 Å². The van der Waals surface area contributed by atoms with E-state index in [1.807, 2.05) is 6.07 Å². The van der Waals surface area contributed by atoms with Crippen LogP contribution in [0.2, 0.25) is 5.02 Å². The van der Waals surface area contributed by atoms with Crippen LogP contribution >= 0.6 is 11.6 Å². The first-order valence-electron chi connectivity index (χ1n) is 11.0. The molecule has 148 valence electrons. The highest BCUT2D eigenvalue weighted by Gasteiger charge is 2.43. The lowest BCUT2D eigenvalue weighted by molar-refractivity contribution is 0.350. The fourth-order valence-electron chi connectivity index (χ4n) is 6.15. The van der Waals surface area contributed by atoms with Crippen LogP contribution in [0.5, 0.6) is 0 Å². The number of rotatable bonds is 1. The topological polar surface area (TPSA) is 0 Å². The standard InChI is InChI=1S/C28H29Cl/c1-4-24-22(23-18-21(29)12-13-26(23)27(24,2)3)17-20-16-19-10-6-7-11-25(19)28(20)14-8-5-9-15-28/h4,6-7,10-13,16-18H,5,8-9,14-15H2,1-3H3/b22-17-,24-4?. The van der Waals surface area contributed by atoms with Gasteiger partial charge in [0, 0.05) is 15.9 Å². The molecule has 3 aliphatic rings. The quantitative estimate of drug-likeness (QED) is 0.451. The van der Waals surface area contributed by atoms with Gasteiger partial charge in [0.15, 0.2) is 0 Å². The van der Waals surface area contributed by atoms with Crippen molar-refractivity contribution >= 4 is 23.3 Å². The van der Waals surface area contributed by atoms with Gasteiger partial charge in [-0.15, -0.1) is 0 Å². The molecule has 0 heterocycles. The molecule has 1 saturated carbocycles. The first kappa shape index (κ1) is 18.9. The molecule has 0 atom stereocenters. The minimum atomic E-state index is 0.00620. The minimum absolute atomic E-state index is 0.00620. The summed E-state index contributed by atoms with van der Waals surface area (Å²) in [4.78, 5) is 0. The van der Waals surface area contributed by atoms with Crippen LogP contribution in [-0.2, 0) is 10.8 Å². The maximum atomic E-state index is 6.44. The third-order valence-corrected chi connectivity index (χ3v) is 7.78. The molecule has 3 aliphatic carbocycles. The van der Waals surface area contributed by atoms with Gasteiger partial charge in [0.2, 0.25) is 0 Å². The molecule has 2 aromatic rings. The van der Waals surface area contributed by atoms with Gasteiger partial charge >= 0.3 is 0 Å². The molecule has 0 nitrogen and oxygen atoms in total. The molecular weight excluding hydrogens is 372 g/mol. The Morgan fingerprint density at radius 3 is 2.45 bits per heavy atom. The van der Waals surface area contributed by atoms with Gasteiger partial charge in [-0.2, -0.15) is 0 Å². The highest BCUT2D eigenvalue weighted by Crippen LogP contribution is 2.55. The van der Waals surface area contributed by atoms with Crippen LogP contribution in [0.25, 0.3) is 11.6 Å². The maximum Gasteiger partial charge on any atom is 0.0412 e. The van der Waals surface area contributed by atoms with Gasteiger partial charge in [0.05, 0.1) is 0 Å². The highest BCUT2D eigenvalue weighted by atomic mass is 35.5. The third-order valence-electron chi connectivity index (χ3n) is 7.54. The van der Waals surface area contributed by atoms with Crippen molar-refractivity contribution < 1.29 is 0 Å². The predicted octanol–water partition coefficient (Wildman–Crippen LogP) is 8.26. The van der Waals surface area contributed by atoms with Crippen LogP contribution in [0.3, 0.4) is 0 Å². The lowest BCUT2D eigenvalue weighted by atomic mass is 9.66. The van der Waals surface area contributed by atoms with Crippen LogP contribution in [-0.4, -0.2) is 0 Å². The molecule has 0 unspecified atom stereocenters. The van der Waals surface area contributed by atoms with E-state index in [2.05, 4.69) is 75.4 Å². The number of hydrogen-bond donors (Lipinski definition) is 0. The van der Waals surface area contributed by atoms with Gasteiger partial charge < -0.3 is 0 Å². The normalized spacial score (nSPS) is 24.1. The Balaban J connectivity index is 1.72. The van der Waals surface area contributed by atoms with Gasteiger partial charge in [-0.3, -0.25) is 0 Å². The van der Waals surface area contributed by atoms with Crippen molar-refractivity contribution in [3.05, 3.63) is 93.0 Å². The molecule has 0 radical (unpaired) electrons. The van der Waals surface area contributed by atoms with E-state index in [4.69, 9.17) is 11.6 Å². The second-order valence-corrected chi connectivity index (χ2v) is 9.84. The van der Waals surface area contributed by atoms with Crippen molar-refractivity contribution in [2.45, 2.75) is 63.7 Å². The molecule has 0 saturated heterocycles. The summed E-state index contributed by atoms with van der Waals surface area (Å²) in [6.45, 7) is 6.85. The molecule has 0 aliphatic heterocycles. The first-order valence-corrected chi connectivity index (χ1v) is 11.4. The second kappa shape index (κ2) is 6.74. The van der Waals surface area contributed by atoms with E-state index in [-0.39, 0.29) is 10.8 Å². The number of allylic oxidation sites excluding steroid dienone is 5. The van der Waals surface area contributed by atoms with E-state index in [9.17, 15) is 0 Å². The number of halogens is 1. The molecule has 0 aromatic heterocycles. The van der Waals surface area contributed by atoms with Crippen molar-refractivity contribution in [1.29, 1.82) is 0 Å². The second-order valence-electron chi connectivity index (χ2n) is 9.40. The average Bonchev–Trinajstić information content (AvgIpc) is 3.11. The van der Waals surface area contributed by atoms with Gasteiger partial charge in [0.1, 0.15) is 0 Å². The zero-order valence-electron chi connectivity index (χ0n) is 17.7. The Hall–Kier alpha value is -2.05. The summed E-state index contributed by atoms with van der Waals surface area (Å²) >= 11 is 6.44. The van der Waals surface area contributed by atoms with Gasteiger partial charge in [-0.1, -0.05) is 87.2 Å². The fourth-order valence-corrected chi connectivity index (χ4v) is 6.32. The van der Waals surface area contributed by atoms with E-state index in [1.165, 1.54) is 71.1 Å². The summed E-state index contributed by atoms with van der Waals surface area (Å²) in [5.74, 6) is 0. The number of hydrogen-bond acceptors (Lipinski definition) is 0. The molecule has 0 N–H and O–H groups in total. The maximum absolute atomic E-state index is 6.44. The fraction of sp³-hybridized carbons (Fsp3) is 0.357. The van der Waals surface area contributed by atoms with E-state index >= 15 is 0 Å². The Kier molecular flexibility index (Phi) is 4.40. The molecule has 1 spiro atoms. The molecular formula is C28H29Cl. The average molecular weight is 401 g/mol. The van der Waals surface area contributed by atoms with Crippen molar-refractivity contribution in [2.75, 3.05) is 0 Å². The van der Waals surface area contributed by atoms with Crippen molar-refractivity contribution in [1.82, 2.24) is 0 Å². The molecule has 0 amide bonds. The zero-order chi connectivity index (χ0) is 20.2. The van der Waals surface area contributed by atoms with Crippen molar-refractivity contribution in [3.8, 4) is 0 Å². The molecule has 29 heavy (non-hydrogen) atoms. The largest absolute Gasteiger partial charge is 0.0843 e. The zero-order valence-corrected chi connectivity index (χ0v) is 18.4. The van der Waals surface area contributed by atoms with E-state index in [0.717, 1.165) is 5.02 Å². The van der Waals surface area contributed by atoms with E-state index in [0.29, 0.717) is 0 Å². The van der Waals surface area contributed by atoms with Crippen LogP contribution in [0, 0.1) is 0 Å². The monoisotopic (exact) mass is 400 g/mol. The molecule has 2 aromatic carbocycles. The summed E-state index contributed by atoms with van der Waals surface area (Å²) in [6.07, 6.45) is 13.8. The smallest absolute Gasteiger partial charge is 0.0412 e. The summed E-state index contributed by atoms with van der Waals surface area (Å²) in [6, 6.07) is 15.5. The van der Waals surface area contributed by atoms with Gasteiger partial charge in [-0.25, -0.2) is 0 Å². The Morgan fingerprint density at radius 1 is 0.931 bits per heavy atom. The Bertz CT molecular complexity index is 1070. The van der Waals surface area contributed by atoms with Crippen LogP contribution in [0.4, 0.5) is 0 Å². The van der Waals surface area contributed by atoms with Crippen LogP contribution in [0.1, 0.15) is 75.1 Å². The number of fused-ring (bicyclic) bond motifs is 3. The third kappa shape index (κ3) is 2.72. The molecule has 1 fully saturated rings. The molecule has 1 heteroatoms. The minimum Gasteiger partial charge on any atom is -0.0843 e. The highest BCUT2D eigenvalue weighted by molar-refractivity contribution is 6.30. The summed E-state index contributed by atoms with van der Waals surface area (Å²) in [5.41, 5.74) is 10.1. The Morgan fingerprint density at radius 2 is 1.69 bits per heavy atom. The van der Waals surface area contributed by atoms with E-state index < -0.39 is 0 Å². The molecule has 0 bridgehead atoms. The lowest BCUT2D eigenvalue weighted by Gasteiger charge is -2.37. The van der Waals surface area contributed by atoms with Gasteiger partial charge in [-0.05, 0) is 76.9 Å². The summed E-state index contributed by atoms with van der Waals surface area (Å²) < 4.78 is 0. The summed E-state index contributed by atoms with van der Waals surface area (Å²) in [5, 5.41) is 0.818. The van der Waals surface area contributed by atoms with Gasteiger partial charge in [0.25, 0.3) is 0 Å². The van der Waals surface area contributed by atoms with Crippen LogP contribution < -0.4 is 0 Å². The summed E-state index contributed by atoms with van der Waals surface area (Å²) in [7, 11) is 0. The predicted molar refractivity (Wildman–Crippen MR) is 125 cm³/mol. The molecule has 5 rings (SSSR count). The Labute approximate surface area is 180 Å². The van der Waals surface area contributed by atoms with E-state index in [1.54, 1.807) is 0 Å². The first-order chi connectivity index (χ1) is 14.0. The van der Waals surface area contributed by atoms with Crippen molar-refractivity contribution in [3.63, 3.8) is 0 Å². The SMILES string of the molecule is CC=C1/C(=C\C2=Cc3ccccc3C23CCCCC3)c2cc(Cl)ccc2C1(C)C.